The molecule has 2 aromatic rings. The van der Waals surface area contributed by atoms with Gasteiger partial charge >= 0.3 is 0 Å². The van der Waals surface area contributed by atoms with Gasteiger partial charge < -0.3 is 14.9 Å². The second kappa shape index (κ2) is 6.04. The van der Waals surface area contributed by atoms with Crippen molar-refractivity contribution in [3.05, 3.63) is 54.1 Å². The fourth-order valence-electron chi connectivity index (χ4n) is 2.96. The van der Waals surface area contributed by atoms with Crippen molar-refractivity contribution in [2.24, 2.45) is 4.99 Å². The highest BCUT2D eigenvalue weighted by Gasteiger charge is 2.35. The van der Waals surface area contributed by atoms with Crippen LogP contribution in [0.3, 0.4) is 0 Å². The van der Waals surface area contributed by atoms with Gasteiger partial charge in [0.05, 0.1) is 24.5 Å². The predicted molar refractivity (Wildman–Crippen MR) is 96.2 cm³/mol. The van der Waals surface area contributed by atoms with Crippen molar-refractivity contribution in [3.8, 4) is 5.75 Å². The molecule has 0 saturated heterocycles. The number of guanidine groups is 1. The van der Waals surface area contributed by atoms with Gasteiger partial charge in [-0.15, -0.1) is 17.0 Å². The van der Waals surface area contributed by atoms with E-state index >= 15 is 0 Å². The van der Waals surface area contributed by atoms with Crippen LogP contribution in [-0.4, -0.2) is 36.5 Å². The minimum atomic E-state index is 0. The topological polar surface area (TPSA) is 56.1 Å². The van der Waals surface area contributed by atoms with Gasteiger partial charge in [-0.05, 0) is 36.4 Å². The molecular formula is C17H16BrN3O2. The Bertz CT molecular complexity index is 774. The number of halogens is 1. The number of fused-ring (bicyclic) bond motifs is 3. The first-order valence-electron chi connectivity index (χ1n) is 7.25. The summed E-state index contributed by atoms with van der Waals surface area (Å²) in [5, 5.41) is 9.33. The number of aromatic hydroxyl groups is 1. The molecule has 0 aliphatic carbocycles. The number of aliphatic imine (C=N–C) groups is 1. The summed E-state index contributed by atoms with van der Waals surface area (Å²) in [5.74, 6) is 1.02. The molecule has 2 heterocycles. The van der Waals surface area contributed by atoms with E-state index in [1.165, 1.54) is 12.1 Å². The SMILES string of the molecule is Br.O=C(CN1C2=NCCN2c2ccccc21)c1ccc(O)cc1. The van der Waals surface area contributed by atoms with E-state index in [1.54, 1.807) is 12.1 Å². The maximum Gasteiger partial charge on any atom is 0.206 e. The lowest BCUT2D eigenvalue weighted by atomic mass is 10.1. The number of para-hydroxylation sites is 2. The van der Waals surface area contributed by atoms with E-state index in [-0.39, 0.29) is 35.1 Å². The first-order valence-corrected chi connectivity index (χ1v) is 7.25. The molecule has 4 rings (SSSR count). The maximum absolute atomic E-state index is 12.5. The van der Waals surface area contributed by atoms with Gasteiger partial charge in [0.1, 0.15) is 5.75 Å². The number of phenolic OH excluding ortho intramolecular Hbond substituents is 1. The molecular weight excluding hydrogens is 358 g/mol. The molecule has 0 unspecified atom stereocenters. The quantitative estimate of drug-likeness (QED) is 0.840. The summed E-state index contributed by atoms with van der Waals surface area (Å²) >= 11 is 0. The number of hydrogen-bond donors (Lipinski definition) is 1. The van der Waals surface area contributed by atoms with Gasteiger partial charge in [0, 0.05) is 12.1 Å². The van der Waals surface area contributed by atoms with Crippen LogP contribution >= 0.6 is 17.0 Å². The average Bonchev–Trinajstić information content (AvgIpc) is 3.11. The molecule has 2 aliphatic heterocycles. The fourth-order valence-corrected chi connectivity index (χ4v) is 2.96. The molecule has 0 fully saturated rings. The monoisotopic (exact) mass is 373 g/mol. The van der Waals surface area contributed by atoms with Crippen LogP contribution in [0, 0.1) is 0 Å². The Kier molecular flexibility index (Phi) is 4.09. The summed E-state index contributed by atoms with van der Waals surface area (Å²) in [6.07, 6.45) is 0. The van der Waals surface area contributed by atoms with E-state index in [0.29, 0.717) is 5.56 Å². The number of carbonyl (C=O) groups excluding carboxylic acids is 1. The number of anilines is 2. The van der Waals surface area contributed by atoms with E-state index in [4.69, 9.17) is 0 Å². The summed E-state index contributed by atoms with van der Waals surface area (Å²) < 4.78 is 0. The van der Waals surface area contributed by atoms with Gasteiger partial charge in [-0.25, -0.2) is 0 Å². The molecule has 2 aliphatic rings. The number of rotatable bonds is 3. The Morgan fingerprint density at radius 1 is 1.09 bits per heavy atom. The summed E-state index contributed by atoms with van der Waals surface area (Å²) in [7, 11) is 0. The van der Waals surface area contributed by atoms with Gasteiger partial charge in [0.2, 0.25) is 5.96 Å². The third kappa shape index (κ3) is 2.59. The Morgan fingerprint density at radius 3 is 2.52 bits per heavy atom. The maximum atomic E-state index is 12.5. The minimum Gasteiger partial charge on any atom is -0.508 e. The van der Waals surface area contributed by atoms with E-state index in [2.05, 4.69) is 16.0 Å². The largest absolute Gasteiger partial charge is 0.508 e. The molecule has 6 heteroatoms. The Balaban J connectivity index is 0.00000156. The van der Waals surface area contributed by atoms with Crippen LogP contribution in [0.1, 0.15) is 10.4 Å². The molecule has 23 heavy (non-hydrogen) atoms. The summed E-state index contributed by atoms with van der Waals surface area (Å²) in [5.41, 5.74) is 2.72. The highest BCUT2D eigenvalue weighted by atomic mass is 79.9. The smallest absolute Gasteiger partial charge is 0.206 e. The third-order valence-corrected chi connectivity index (χ3v) is 4.01. The molecule has 2 aromatic carbocycles. The van der Waals surface area contributed by atoms with E-state index in [0.717, 1.165) is 30.4 Å². The zero-order valence-electron chi connectivity index (χ0n) is 12.3. The van der Waals surface area contributed by atoms with Crippen molar-refractivity contribution < 1.29 is 9.90 Å². The van der Waals surface area contributed by atoms with Crippen molar-refractivity contribution >= 4 is 40.1 Å². The van der Waals surface area contributed by atoms with Crippen molar-refractivity contribution in [3.63, 3.8) is 0 Å². The van der Waals surface area contributed by atoms with Gasteiger partial charge in [-0.2, -0.15) is 0 Å². The summed E-state index contributed by atoms with van der Waals surface area (Å²) in [6.45, 7) is 1.86. The van der Waals surface area contributed by atoms with Crippen LogP contribution < -0.4 is 9.80 Å². The lowest BCUT2D eigenvalue weighted by molar-refractivity contribution is 0.100. The highest BCUT2D eigenvalue weighted by Crippen LogP contribution is 2.38. The lowest BCUT2D eigenvalue weighted by Crippen LogP contribution is -2.38. The van der Waals surface area contributed by atoms with E-state index < -0.39 is 0 Å². The van der Waals surface area contributed by atoms with Crippen LogP contribution in [0.2, 0.25) is 0 Å². The molecule has 0 radical (unpaired) electrons. The lowest BCUT2D eigenvalue weighted by Gasteiger charge is -2.18. The van der Waals surface area contributed by atoms with Crippen LogP contribution in [-0.2, 0) is 0 Å². The van der Waals surface area contributed by atoms with Gasteiger partial charge in [-0.3, -0.25) is 9.79 Å². The number of nitrogens with zero attached hydrogens (tertiary/aromatic N) is 3. The van der Waals surface area contributed by atoms with Gasteiger partial charge in [0.25, 0.3) is 0 Å². The van der Waals surface area contributed by atoms with Crippen molar-refractivity contribution in [1.82, 2.24) is 0 Å². The molecule has 0 aromatic heterocycles. The molecule has 0 bridgehead atoms. The Labute approximate surface area is 144 Å². The number of carbonyl (C=O) groups is 1. The zero-order valence-corrected chi connectivity index (χ0v) is 14.1. The number of hydrogen-bond acceptors (Lipinski definition) is 5. The first kappa shape index (κ1) is 15.6. The van der Waals surface area contributed by atoms with Crippen LogP contribution in [0.15, 0.2) is 53.5 Å². The molecule has 0 atom stereocenters. The van der Waals surface area contributed by atoms with Crippen molar-refractivity contribution in [2.75, 3.05) is 29.4 Å². The Morgan fingerprint density at radius 2 is 1.78 bits per heavy atom. The number of phenols is 1. The second-order valence-electron chi connectivity index (χ2n) is 5.38. The molecule has 5 nitrogen and oxygen atoms in total. The molecule has 0 spiro atoms. The summed E-state index contributed by atoms with van der Waals surface area (Å²) in [6, 6.07) is 14.4. The van der Waals surface area contributed by atoms with E-state index in [9.17, 15) is 9.90 Å². The minimum absolute atomic E-state index is 0. The average molecular weight is 374 g/mol. The normalized spacial score (nSPS) is 14.9. The second-order valence-corrected chi connectivity index (χ2v) is 5.38. The molecule has 0 amide bonds. The van der Waals surface area contributed by atoms with Gasteiger partial charge in [0.15, 0.2) is 5.78 Å². The molecule has 118 valence electrons. The zero-order chi connectivity index (χ0) is 15.1. The standard InChI is InChI=1S/C17H15N3O2.BrH/c21-13-7-5-12(6-8-13)16(22)11-20-15-4-2-1-3-14(15)19-10-9-18-17(19)20;/h1-8,21H,9-11H2;1H. The predicted octanol–water partition coefficient (Wildman–Crippen LogP) is 2.85. The summed E-state index contributed by atoms with van der Waals surface area (Å²) in [4.78, 5) is 21.2. The van der Waals surface area contributed by atoms with E-state index in [1.807, 2.05) is 23.1 Å². The van der Waals surface area contributed by atoms with Crippen LogP contribution in [0.4, 0.5) is 11.4 Å². The van der Waals surface area contributed by atoms with Gasteiger partial charge in [-0.1, -0.05) is 12.1 Å². The first-order chi connectivity index (χ1) is 10.7. The van der Waals surface area contributed by atoms with Crippen molar-refractivity contribution in [2.45, 2.75) is 0 Å². The molecule has 0 saturated carbocycles. The number of ketones is 1. The number of Topliss-reactive ketones (excluding diaryl/α,β-unsaturated/α-hetero) is 1. The molecule has 1 N–H and O–H groups in total. The number of benzene rings is 2. The fraction of sp³-hybridized carbons (Fsp3) is 0.176. The third-order valence-electron chi connectivity index (χ3n) is 4.01. The van der Waals surface area contributed by atoms with Crippen LogP contribution in [0.25, 0.3) is 0 Å². The van der Waals surface area contributed by atoms with Crippen LogP contribution in [0.5, 0.6) is 5.75 Å². The highest BCUT2D eigenvalue weighted by molar-refractivity contribution is 8.93. The Hall–Kier alpha value is -2.34. The van der Waals surface area contributed by atoms with Crippen molar-refractivity contribution in [1.29, 1.82) is 0 Å².